The van der Waals surface area contributed by atoms with Gasteiger partial charge >= 0.3 is 0 Å². The number of H-pyrrole nitrogens is 1. The summed E-state index contributed by atoms with van der Waals surface area (Å²) in [6, 6.07) is 23.9. The summed E-state index contributed by atoms with van der Waals surface area (Å²) in [5.74, 6) is -0.216. The SMILES string of the molecule is C[C@@H](Sc1n[nH]c(-c2ccccc2F)n1)C(=O)Nc1ccccc1-c1ccccc1. The lowest BCUT2D eigenvalue weighted by molar-refractivity contribution is -0.115. The van der Waals surface area contributed by atoms with Crippen LogP contribution in [0.1, 0.15) is 6.92 Å². The van der Waals surface area contributed by atoms with Crippen LogP contribution in [0.5, 0.6) is 0 Å². The first-order chi connectivity index (χ1) is 14.6. The highest BCUT2D eigenvalue weighted by Gasteiger charge is 2.19. The number of rotatable bonds is 6. The van der Waals surface area contributed by atoms with E-state index in [1.165, 1.54) is 17.8 Å². The molecule has 150 valence electrons. The summed E-state index contributed by atoms with van der Waals surface area (Å²) < 4.78 is 13.9. The monoisotopic (exact) mass is 418 g/mol. The summed E-state index contributed by atoms with van der Waals surface area (Å²) in [5.41, 5.74) is 3.05. The Morgan fingerprint density at radius 2 is 1.63 bits per heavy atom. The van der Waals surface area contributed by atoms with Crippen molar-refractivity contribution in [1.29, 1.82) is 0 Å². The van der Waals surface area contributed by atoms with Gasteiger partial charge in [-0.2, -0.15) is 0 Å². The third-order valence-electron chi connectivity index (χ3n) is 4.52. The van der Waals surface area contributed by atoms with Crippen LogP contribution < -0.4 is 5.32 Å². The molecule has 0 aliphatic carbocycles. The highest BCUT2D eigenvalue weighted by Crippen LogP contribution is 2.29. The van der Waals surface area contributed by atoms with Gasteiger partial charge in [0.15, 0.2) is 5.82 Å². The largest absolute Gasteiger partial charge is 0.325 e. The molecule has 0 aliphatic rings. The predicted octanol–water partition coefficient (Wildman–Crippen LogP) is 5.40. The van der Waals surface area contributed by atoms with E-state index in [0.717, 1.165) is 16.8 Å². The Bertz CT molecular complexity index is 1160. The first kappa shape index (κ1) is 19.8. The lowest BCUT2D eigenvalue weighted by atomic mass is 10.0. The van der Waals surface area contributed by atoms with Gasteiger partial charge in [0.1, 0.15) is 5.82 Å². The third-order valence-corrected chi connectivity index (χ3v) is 5.48. The zero-order chi connectivity index (χ0) is 20.9. The molecule has 7 heteroatoms. The average molecular weight is 418 g/mol. The molecule has 1 amide bonds. The number of hydrogen-bond acceptors (Lipinski definition) is 4. The van der Waals surface area contributed by atoms with Gasteiger partial charge in [0, 0.05) is 11.3 Å². The van der Waals surface area contributed by atoms with E-state index >= 15 is 0 Å². The van der Waals surface area contributed by atoms with Gasteiger partial charge in [0.2, 0.25) is 11.1 Å². The lowest BCUT2D eigenvalue weighted by Crippen LogP contribution is -2.22. The molecule has 4 rings (SSSR count). The van der Waals surface area contributed by atoms with Crippen LogP contribution in [0.4, 0.5) is 10.1 Å². The number of aromatic amines is 1. The van der Waals surface area contributed by atoms with Crippen LogP contribution in [-0.2, 0) is 4.79 Å². The number of carbonyl (C=O) groups is 1. The Balaban J connectivity index is 1.47. The molecule has 2 N–H and O–H groups in total. The van der Waals surface area contributed by atoms with Crippen molar-refractivity contribution >= 4 is 23.4 Å². The fraction of sp³-hybridized carbons (Fsp3) is 0.0870. The number of aromatic nitrogens is 3. The lowest BCUT2D eigenvalue weighted by Gasteiger charge is -2.14. The number of hydrogen-bond donors (Lipinski definition) is 2. The molecule has 1 aromatic heterocycles. The molecular weight excluding hydrogens is 399 g/mol. The fourth-order valence-corrected chi connectivity index (χ4v) is 3.70. The van der Waals surface area contributed by atoms with Crippen LogP contribution in [0.2, 0.25) is 0 Å². The van der Waals surface area contributed by atoms with Gasteiger partial charge in [-0.05, 0) is 30.7 Å². The molecule has 0 aliphatic heterocycles. The number of thioether (sulfide) groups is 1. The number of para-hydroxylation sites is 1. The summed E-state index contributed by atoms with van der Waals surface area (Å²) in [6.45, 7) is 1.78. The van der Waals surface area contributed by atoms with E-state index in [1.807, 2.05) is 54.6 Å². The molecule has 1 heterocycles. The third kappa shape index (κ3) is 4.41. The van der Waals surface area contributed by atoms with Crippen molar-refractivity contribution in [2.24, 2.45) is 0 Å². The molecule has 0 fully saturated rings. The maximum Gasteiger partial charge on any atom is 0.237 e. The quantitative estimate of drug-likeness (QED) is 0.412. The van der Waals surface area contributed by atoms with E-state index in [4.69, 9.17) is 0 Å². The van der Waals surface area contributed by atoms with Gasteiger partial charge in [-0.1, -0.05) is 72.4 Å². The number of anilines is 1. The normalized spacial score (nSPS) is 11.8. The van der Waals surface area contributed by atoms with Gasteiger partial charge in [-0.25, -0.2) is 9.37 Å². The summed E-state index contributed by atoms with van der Waals surface area (Å²) >= 11 is 1.21. The molecule has 1 atom stereocenters. The number of amides is 1. The van der Waals surface area contributed by atoms with Crippen LogP contribution in [0.3, 0.4) is 0 Å². The second-order valence-corrected chi connectivity index (χ2v) is 7.92. The molecule has 0 unspecified atom stereocenters. The topological polar surface area (TPSA) is 70.7 Å². The van der Waals surface area contributed by atoms with Crippen molar-refractivity contribution in [3.8, 4) is 22.5 Å². The predicted molar refractivity (Wildman–Crippen MR) is 118 cm³/mol. The summed E-state index contributed by atoms with van der Waals surface area (Å²) in [4.78, 5) is 17.1. The minimum absolute atomic E-state index is 0.166. The number of nitrogens with zero attached hydrogens (tertiary/aromatic N) is 2. The van der Waals surface area contributed by atoms with Crippen molar-refractivity contribution in [1.82, 2.24) is 15.2 Å². The highest BCUT2D eigenvalue weighted by molar-refractivity contribution is 8.00. The Labute approximate surface area is 177 Å². The molecule has 0 spiro atoms. The minimum atomic E-state index is -0.446. The smallest absolute Gasteiger partial charge is 0.237 e. The highest BCUT2D eigenvalue weighted by atomic mass is 32.2. The standard InChI is InChI=1S/C23H19FN4OS/c1-15(30-23-26-21(27-28-23)18-12-5-7-13-19(18)24)22(29)25-20-14-8-6-11-17(20)16-9-3-2-4-10-16/h2-15H,1H3,(H,25,29)(H,26,27,28)/t15-/m1/s1. The van der Waals surface area contributed by atoms with Gasteiger partial charge in [0.25, 0.3) is 0 Å². The van der Waals surface area contributed by atoms with Crippen LogP contribution >= 0.6 is 11.8 Å². The second kappa shape index (κ2) is 8.92. The molecule has 5 nitrogen and oxygen atoms in total. The maximum atomic E-state index is 13.9. The number of carbonyl (C=O) groups excluding carboxylic acids is 1. The molecule has 0 saturated heterocycles. The van der Waals surface area contributed by atoms with E-state index in [9.17, 15) is 9.18 Å². The molecule has 3 aromatic carbocycles. The molecule has 0 radical (unpaired) electrons. The van der Waals surface area contributed by atoms with Crippen molar-refractivity contribution < 1.29 is 9.18 Å². The van der Waals surface area contributed by atoms with Crippen molar-refractivity contribution in [3.63, 3.8) is 0 Å². The summed E-state index contributed by atoms with van der Waals surface area (Å²) in [7, 11) is 0. The second-order valence-electron chi connectivity index (χ2n) is 6.61. The van der Waals surface area contributed by atoms with Gasteiger partial charge < -0.3 is 5.32 Å². The summed E-state index contributed by atoms with van der Waals surface area (Å²) in [6.07, 6.45) is 0. The fourth-order valence-electron chi connectivity index (χ4n) is 2.98. The van der Waals surface area contributed by atoms with Crippen molar-refractivity contribution in [2.75, 3.05) is 5.32 Å². The van der Waals surface area contributed by atoms with E-state index in [2.05, 4.69) is 20.5 Å². The van der Waals surface area contributed by atoms with Gasteiger partial charge in [-0.3, -0.25) is 9.89 Å². The first-order valence-electron chi connectivity index (χ1n) is 9.41. The zero-order valence-corrected chi connectivity index (χ0v) is 17.0. The van der Waals surface area contributed by atoms with Crippen LogP contribution in [-0.4, -0.2) is 26.3 Å². The average Bonchev–Trinajstić information content (AvgIpc) is 3.23. The number of halogens is 1. The van der Waals surface area contributed by atoms with Crippen molar-refractivity contribution in [3.05, 3.63) is 84.7 Å². The van der Waals surface area contributed by atoms with Crippen molar-refractivity contribution in [2.45, 2.75) is 17.3 Å². The molecule has 4 aromatic rings. The van der Waals surface area contributed by atoms with Crippen LogP contribution in [0, 0.1) is 5.82 Å². The molecular formula is C23H19FN4OS. The van der Waals surface area contributed by atoms with E-state index < -0.39 is 5.25 Å². The number of benzene rings is 3. The minimum Gasteiger partial charge on any atom is -0.325 e. The first-order valence-corrected chi connectivity index (χ1v) is 10.3. The van der Waals surface area contributed by atoms with Crippen LogP contribution in [0.15, 0.2) is 84.0 Å². The zero-order valence-electron chi connectivity index (χ0n) is 16.2. The molecule has 30 heavy (non-hydrogen) atoms. The Hall–Kier alpha value is -3.45. The van der Waals surface area contributed by atoms with E-state index in [1.54, 1.807) is 25.1 Å². The Morgan fingerprint density at radius 1 is 0.967 bits per heavy atom. The van der Waals surface area contributed by atoms with E-state index in [0.29, 0.717) is 16.5 Å². The molecule has 0 bridgehead atoms. The molecule has 0 saturated carbocycles. The van der Waals surface area contributed by atoms with Gasteiger partial charge in [-0.15, -0.1) is 5.10 Å². The number of nitrogens with one attached hydrogen (secondary N) is 2. The van der Waals surface area contributed by atoms with Gasteiger partial charge in [0.05, 0.1) is 10.8 Å². The Morgan fingerprint density at radius 3 is 2.40 bits per heavy atom. The maximum absolute atomic E-state index is 13.9. The van der Waals surface area contributed by atoms with E-state index in [-0.39, 0.29) is 11.7 Å². The Kier molecular flexibility index (Phi) is 5.90. The summed E-state index contributed by atoms with van der Waals surface area (Å²) in [5, 5.41) is 9.77. The van der Waals surface area contributed by atoms with Crippen LogP contribution in [0.25, 0.3) is 22.5 Å².